The Morgan fingerprint density at radius 2 is 1.95 bits per heavy atom. The van der Waals surface area contributed by atoms with E-state index in [0.29, 0.717) is 17.8 Å². The second-order valence-electron chi connectivity index (χ2n) is 4.16. The van der Waals surface area contributed by atoms with Crippen LogP contribution in [0, 0.1) is 0 Å². The fourth-order valence-corrected chi connectivity index (χ4v) is 1.76. The predicted molar refractivity (Wildman–Crippen MR) is 73.3 cm³/mol. The van der Waals surface area contributed by atoms with Crippen LogP contribution in [0.2, 0.25) is 0 Å². The largest absolute Gasteiger partial charge is 0.478 e. The monoisotopic (exact) mass is 262 g/mol. The molecule has 0 bridgehead atoms. The minimum atomic E-state index is -0.921. The zero-order valence-electron chi connectivity index (χ0n) is 10.8. The van der Waals surface area contributed by atoms with Gasteiger partial charge < -0.3 is 10.4 Å². The highest BCUT2D eigenvalue weighted by molar-refractivity contribution is 5.94. The maximum Gasteiger partial charge on any atom is 0.337 e. The third-order valence-corrected chi connectivity index (χ3v) is 2.73. The molecule has 102 valence electrons. The fourth-order valence-electron chi connectivity index (χ4n) is 1.76. The van der Waals surface area contributed by atoms with E-state index < -0.39 is 5.97 Å². The molecule has 0 aliphatic heterocycles. The average molecular weight is 262 g/mol. The number of nitrogens with zero attached hydrogens (tertiary/aromatic N) is 1. The van der Waals surface area contributed by atoms with Crippen molar-refractivity contribution in [1.82, 2.24) is 0 Å². The number of nitrogens with one attached hydrogen (secondary N) is 1. The first-order valence-electron chi connectivity index (χ1n) is 6.35. The minimum absolute atomic E-state index is 0.294. The summed E-state index contributed by atoms with van der Waals surface area (Å²) >= 11 is 0. The van der Waals surface area contributed by atoms with E-state index in [1.54, 1.807) is 18.2 Å². The molecule has 0 saturated heterocycles. The Morgan fingerprint density at radius 3 is 2.68 bits per heavy atom. The summed E-state index contributed by atoms with van der Waals surface area (Å²) in [4.78, 5) is 24.3. The first-order chi connectivity index (χ1) is 9.25. The van der Waals surface area contributed by atoms with Crippen molar-refractivity contribution in [3.05, 3.63) is 29.8 Å². The number of hydrogen-bond acceptors (Lipinski definition) is 4. The van der Waals surface area contributed by atoms with E-state index in [4.69, 9.17) is 5.11 Å². The van der Waals surface area contributed by atoms with Gasteiger partial charge in [-0.05, 0) is 25.0 Å². The van der Waals surface area contributed by atoms with Crippen LogP contribution in [-0.2, 0) is 4.79 Å². The number of carbonyl (C=O) groups is 1. The zero-order chi connectivity index (χ0) is 13.9. The standard InChI is InChI=1S/C14H18N2O3/c17-11-15-9-5-1-2-6-10-16-13-8-4-3-7-12(13)14(18)19/h3-4,7-8,16H,1-2,5-6,9-10H2,(H,18,19). The van der Waals surface area contributed by atoms with Gasteiger partial charge in [-0.2, -0.15) is 0 Å². The number of rotatable bonds is 9. The van der Waals surface area contributed by atoms with Gasteiger partial charge in [0, 0.05) is 12.2 Å². The topological polar surface area (TPSA) is 78.8 Å². The van der Waals surface area contributed by atoms with Crippen LogP contribution in [0.5, 0.6) is 0 Å². The van der Waals surface area contributed by atoms with Crippen molar-refractivity contribution in [3.8, 4) is 0 Å². The van der Waals surface area contributed by atoms with Crippen molar-refractivity contribution < 1.29 is 14.7 Å². The van der Waals surface area contributed by atoms with Gasteiger partial charge in [-0.15, -0.1) is 0 Å². The van der Waals surface area contributed by atoms with Crippen molar-refractivity contribution in [1.29, 1.82) is 0 Å². The molecule has 0 aromatic heterocycles. The van der Waals surface area contributed by atoms with Crippen LogP contribution in [0.25, 0.3) is 0 Å². The van der Waals surface area contributed by atoms with E-state index in [-0.39, 0.29) is 0 Å². The molecule has 0 saturated carbocycles. The molecule has 19 heavy (non-hydrogen) atoms. The number of aromatic carboxylic acids is 1. The van der Waals surface area contributed by atoms with Gasteiger partial charge in [0.1, 0.15) is 0 Å². The summed E-state index contributed by atoms with van der Waals surface area (Å²) in [6, 6.07) is 6.87. The van der Waals surface area contributed by atoms with Crippen LogP contribution in [0.15, 0.2) is 29.3 Å². The van der Waals surface area contributed by atoms with Crippen molar-refractivity contribution in [2.75, 3.05) is 18.4 Å². The Morgan fingerprint density at radius 1 is 1.21 bits per heavy atom. The third kappa shape index (κ3) is 5.84. The van der Waals surface area contributed by atoms with Crippen molar-refractivity contribution in [2.24, 2.45) is 4.99 Å². The number of unbranched alkanes of at least 4 members (excludes halogenated alkanes) is 3. The first-order valence-corrected chi connectivity index (χ1v) is 6.35. The lowest BCUT2D eigenvalue weighted by atomic mass is 10.1. The van der Waals surface area contributed by atoms with E-state index in [2.05, 4.69) is 10.3 Å². The van der Waals surface area contributed by atoms with E-state index in [1.165, 1.54) is 6.08 Å². The van der Waals surface area contributed by atoms with Gasteiger partial charge in [-0.3, -0.25) is 0 Å². The molecule has 0 amide bonds. The molecule has 1 aromatic rings. The predicted octanol–water partition coefficient (Wildman–Crippen LogP) is 2.69. The smallest absolute Gasteiger partial charge is 0.337 e. The SMILES string of the molecule is O=C=NCCCCCCNc1ccccc1C(=O)O. The summed E-state index contributed by atoms with van der Waals surface area (Å²) in [6.07, 6.45) is 5.39. The molecule has 1 rings (SSSR count). The fraction of sp³-hybridized carbons (Fsp3) is 0.429. The molecule has 0 radical (unpaired) electrons. The van der Waals surface area contributed by atoms with Crippen LogP contribution in [-0.4, -0.2) is 30.2 Å². The van der Waals surface area contributed by atoms with Crippen molar-refractivity contribution in [2.45, 2.75) is 25.7 Å². The minimum Gasteiger partial charge on any atom is -0.478 e. The van der Waals surface area contributed by atoms with Crippen LogP contribution in [0.4, 0.5) is 5.69 Å². The highest BCUT2D eigenvalue weighted by atomic mass is 16.4. The van der Waals surface area contributed by atoms with Gasteiger partial charge in [0.15, 0.2) is 0 Å². The van der Waals surface area contributed by atoms with Crippen LogP contribution >= 0.6 is 0 Å². The number of carboxylic acid groups (broad SMARTS) is 1. The maximum atomic E-state index is 11.0. The normalized spacial score (nSPS) is 9.68. The molecule has 0 unspecified atom stereocenters. The van der Waals surface area contributed by atoms with Gasteiger partial charge in [-0.25, -0.2) is 14.6 Å². The third-order valence-electron chi connectivity index (χ3n) is 2.73. The van der Waals surface area contributed by atoms with Crippen LogP contribution < -0.4 is 5.32 Å². The number of benzene rings is 1. The van der Waals surface area contributed by atoms with E-state index >= 15 is 0 Å². The number of anilines is 1. The molecular weight excluding hydrogens is 244 g/mol. The molecule has 1 aromatic carbocycles. The van der Waals surface area contributed by atoms with Gasteiger partial charge in [0.2, 0.25) is 6.08 Å². The summed E-state index contributed by atoms with van der Waals surface area (Å²) in [5.41, 5.74) is 0.948. The molecule has 0 fully saturated rings. The number of para-hydroxylation sites is 1. The lowest BCUT2D eigenvalue weighted by molar-refractivity contribution is 0.0698. The number of isocyanates is 1. The molecular formula is C14H18N2O3. The van der Waals surface area contributed by atoms with E-state index in [9.17, 15) is 9.59 Å². The van der Waals surface area contributed by atoms with Crippen molar-refractivity contribution in [3.63, 3.8) is 0 Å². The molecule has 0 aliphatic rings. The Labute approximate surface area is 112 Å². The lowest BCUT2D eigenvalue weighted by Crippen LogP contribution is -2.07. The quantitative estimate of drug-likeness (QED) is 0.407. The van der Waals surface area contributed by atoms with Gasteiger partial charge in [0.05, 0.1) is 12.1 Å². The Balaban J connectivity index is 2.22. The Kier molecular flexibility index (Phi) is 6.98. The van der Waals surface area contributed by atoms with Crippen LogP contribution in [0.3, 0.4) is 0 Å². The Bertz CT molecular complexity index is 454. The number of aliphatic imine (C=N–C) groups is 1. The second kappa shape index (κ2) is 8.89. The number of carbonyl (C=O) groups excluding carboxylic acids is 1. The summed E-state index contributed by atoms with van der Waals surface area (Å²) in [5.74, 6) is -0.921. The average Bonchev–Trinajstić information content (AvgIpc) is 2.42. The molecule has 5 nitrogen and oxygen atoms in total. The van der Waals surface area contributed by atoms with Gasteiger partial charge in [0.25, 0.3) is 0 Å². The highest BCUT2D eigenvalue weighted by Gasteiger charge is 2.07. The second-order valence-corrected chi connectivity index (χ2v) is 4.16. The number of hydrogen-bond donors (Lipinski definition) is 2. The highest BCUT2D eigenvalue weighted by Crippen LogP contribution is 2.15. The summed E-state index contributed by atoms with van der Waals surface area (Å²) in [5, 5.41) is 12.1. The van der Waals surface area contributed by atoms with Crippen molar-refractivity contribution >= 4 is 17.7 Å². The molecule has 0 atom stereocenters. The maximum absolute atomic E-state index is 11.0. The Hall–Kier alpha value is -2.13. The summed E-state index contributed by atoms with van der Waals surface area (Å²) < 4.78 is 0. The summed E-state index contributed by atoms with van der Waals surface area (Å²) in [7, 11) is 0. The zero-order valence-corrected chi connectivity index (χ0v) is 10.8. The van der Waals surface area contributed by atoms with Crippen LogP contribution in [0.1, 0.15) is 36.0 Å². The molecule has 0 aliphatic carbocycles. The summed E-state index contributed by atoms with van der Waals surface area (Å²) in [6.45, 7) is 1.28. The van der Waals surface area contributed by atoms with E-state index in [1.807, 2.05) is 6.07 Å². The van der Waals surface area contributed by atoms with Gasteiger partial charge >= 0.3 is 5.97 Å². The molecule has 5 heteroatoms. The van der Waals surface area contributed by atoms with Gasteiger partial charge in [-0.1, -0.05) is 25.0 Å². The lowest BCUT2D eigenvalue weighted by Gasteiger charge is -2.08. The molecule has 2 N–H and O–H groups in total. The first kappa shape index (κ1) is 14.9. The van der Waals surface area contributed by atoms with E-state index in [0.717, 1.165) is 32.2 Å². The molecule has 0 spiro atoms. The molecule has 0 heterocycles. The number of carboxylic acids is 1.